The molecule has 0 spiro atoms. The Bertz CT molecular complexity index is 952. The van der Waals surface area contributed by atoms with E-state index >= 15 is 0 Å². The summed E-state index contributed by atoms with van der Waals surface area (Å²) >= 11 is 4.98. The second kappa shape index (κ2) is 9.38. The molecule has 3 aromatic rings. The van der Waals surface area contributed by atoms with Crippen molar-refractivity contribution < 1.29 is 0 Å². The van der Waals surface area contributed by atoms with E-state index in [0.717, 1.165) is 21.5 Å². The summed E-state index contributed by atoms with van der Waals surface area (Å²) in [5.74, 6) is 7.20. The number of hydrazone groups is 1. The topological polar surface area (TPSA) is 81.1 Å². The Labute approximate surface area is 170 Å². The van der Waals surface area contributed by atoms with E-state index in [1.807, 2.05) is 61.5 Å². The van der Waals surface area contributed by atoms with Crippen molar-refractivity contribution in [3.63, 3.8) is 0 Å². The van der Waals surface area contributed by atoms with Gasteiger partial charge < -0.3 is 5.84 Å². The minimum Gasteiger partial charge on any atom is -0.334 e. The number of aromatic nitrogens is 3. The van der Waals surface area contributed by atoms with Crippen LogP contribution in [0, 0.1) is 0 Å². The van der Waals surface area contributed by atoms with Gasteiger partial charge in [-0.2, -0.15) is 5.10 Å². The van der Waals surface area contributed by atoms with Gasteiger partial charge in [-0.05, 0) is 36.3 Å². The number of benzene rings is 2. The number of nitrogens with two attached hydrogens (primary N) is 1. The lowest BCUT2D eigenvalue weighted by Gasteiger charge is -2.04. The van der Waals surface area contributed by atoms with Crippen LogP contribution in [0.25, 0.3) is 6.08 Å². The first-order chi connectivity index (χ1) is 13.1. The van der Waals surface area contributed by atoms with Crippen molar-refractivity contribution in [2.75, 3.05) is 11.3 Å². The minimum absolute atomic E-state index is 0.388. The van der Waals surface area contributed by atoms with Crippen LogP contribution >= 0.6 is 27.7 Å². The van der Waals surface area contributed by atoms with Crippen molar-refractivity contribution in [2.24, 2.45) is 5.10 Å². The van der Waals surface area contributed by atoms with Crippen molar-refractivity contribution >= 4 is 45.4 Å². The van der Waals surface area contributed by atoms with E-state index in [2.05, 4.69) is 48.8 Å². The number of hydrogen-bond donors (Lipinski definition) is 2. The number of hydrogen-bond acceptors (Lipinski definition) is 6. The first kappa shape index (κ1) is 19.2. The maximum atomic E-state index is 6.06. The molecule has 0 aliphatic heterocycles. The number of nitrogens with one attached hydrogen (secondary N) is 1. The molecule has 0 aliphatic carbocycles. The second-order valence-corrected chi connectivity index (χ2v) is 7.56. The van der Waals surface area contributed by atoms with Crippen LogP contribution in [0.1, 0.15) is 18.1 Å². The molecular formula is C19H19BrN6S. The number of nitrogens with zero attached hydrogens (tertiary/aromatic N) is 4. The first-order valence-electron chi connectivity index (χ1n) is 8.23. The molecule has 0 bridgehead atoms. The number of thioether (sulfide) groups is 1. The van der Waals surface area contributed by atoms with Gasteiger partial charge in [0.2, 0.25) is 5.16 Å². The van der Waals surface area contributed by atoms with E-state index < -0.39 is 0 Å². The summed E-state index contributed by atoms with van der Waals surface area (Å²) in [6.07, 6.45) is 3.91. The van der Waals surface area contributed by atoms with Crippen LogP contribution < -0.4 is 11.3 Å². The molecule has 1 aromatic heterocycles. The average molecular weight is 443 g/mol. The Morgan fingerprint density at radius 2 is 2.04 bits per heavy atom. The minimum atomic E-state index is 0.388. The Balaban J connectivity index is 1.59. The van der Waals surface area contributed by atoms with Gasteiger partial charge in [0.15, 0.2) is 0 Å². The van der Waals surface area contributed by atoms with Gasteiger partial charge in [-0.15, -0.1) is 10.2 Å². The number of halogens is 1. The first-order valence-corrected chi connectivity index (χ1v) is 10.0. The molecule has 6 nitrogen and oxygen atoms in total. The third-order valence-electron chi connectivity index (χ3n) is 3.57. The van der Waals surface area contributed by atoms with Crippen molar-refractivity contribution in [3.8, 4) is 0 Å². The zero-order valence-corrected chi connectivity index (χ0v) is 17.1. The predicted octanol–water partition coefficient (Wildman–Crippen LogP) is 4.55. The van der Waals surface area contributed by atoms with Gasteiger partial charge in [-0.1, -0.05) is 76.2 Å². The average Bonchev–Trinajstić information content (AvgIpc) is 3.03. The third kappa shape index (κ3) is 5.70. The van der Waals surface area contributed by atoms with Gasteiger partial charge in [0.25, 0.3) is 5.95 Å². The standard InChI is InChI=1S/C19H19BrN6S/c1-14(10-11-15-6-3-2-4-7-15)22-23-18-24-25-19(26(18)21)27-13-16-8-5-9-17(20)12-16/h2-12H,13,21H2,1H3,(H,23,24)/b11-10+,22-14+. The molecule has 0 unspecified atom stereocenters. The van der Waals surface area contributed by atoms with Crippen LogP contribution in [0.2, 0.25) is 0 Å². The van der Waals surface area contributed by atoms with Gasteiger partial charge in [-0.3, -0.25) is 0 Å². The largest absolute Gasteiger partial charge is 0.334 e. The lowest BCUT2D eigenvalue weighted by atomic mass is 10.2. The maximum absolute atomic E-state index is 6.06. The van der Waals surface area contributed by atoms with E-state index in [9.17, 15) is 0 Å². The highest BCUT2D eigenvalue weighted by Gasteiger charge is 2.09. The number of rotatable bonds is 7. The molecule has 2 aromatic carbocycles. The second-order valence-electron chi connectivity index (χ2n) is 5.70. The molecule has 0 amide bonds. The zero-order valence-electron chi connectivity index (χ0n) is 14.7. The van der Waals surface area contributed by atoms with Crippen LogP contribution in [-0.2, 0) is 5.75 Å². The normalized spacial score (nSPS) is 11.9. The van der Waals surface area contributed by atoms with Crippen LogP contribution in [0.15, 0.2) is 75.4 Å². The van der Waals surface area contributed by atoms with E-state index in [1.54, 1.807) is 0 Å². The lowest BCUT2D eigenvalue weighted by Crippen LogP contribution is -2.13. The smallest absolute Gasteiger partial charge is 0.264 e. The fraction of sp³-hybridized carbons (Fsp3) is 0.105. The lowest BCUT2D eigenvalue weighted by molar-refractivity contribution is 0.846. The van der Waals surface area contributed by atoms with Crippen molar-refractivity contribution in [2.45, 2.75) is 17.8 Å². The molecule has 0 saturated carbocycles. The van der Waals surface area contributed by atoms with E-state index in [1.165, 1.54) is 22.0 Å². The molecule has 0 atom stereocenters. The van der Waals surface area contributed by atoms with Crippen LogP contribution in [0.3, 0.4) is 0 Å². The van der Waals surface area contributed by atoms with E-state index in [4.69, 9.17) is 5.84 Å². The molecule has 27 heavy (non-hydrogen) atoms. The van der Waals surface area contributed by atoms with Gasteiger partial charge >= 0.3 is 0 Å². The Morgan fingerprint density at radius 1 is 1.22 bits per heavy atom. The summed E-state index contributed by atoms with van der Waals surface area (Å²) in [5, 5.41) is 13.1. The Hall–Kier alpha value is -2.58. The number of anilines is 1. The Morgan fingerprint density at radius 3 is 2.81 bits per heavy atom. The highest BCUT2D eigenvalue weighted by atomic mass is 79.9. The maximum Gasteiger partial charge on any atom is 0.264 e. The van der Waals surface area contributed by atoms with Gasteiger partial charge in [0.05, 0.1) is 5.71 Å². The van der Waals surface area contributed by atoms with Crippen molar-refractivity contribution in [1.82, 2.24) is 14.9 Å². The highest BCUT2D eigenvalue weighted by molar-refractivity contribution is 9.10. The molecule has 1 heterocycles. The molecule has 0 aliphatic rings. The molecule has 3 rings (SSSR count). The fourth-order valence-corrected chi connectivity index (χ4v) is 3.43. The summed E-state index contributed by atoms with van der Waals surface area (Å²) < 4.78 is 2.45. The van der Waals surface area contributed by atoms with Gasteiger partial charge in [0, 0.05) is 10.2 Å². The number of allylic oxidation sites excluding steroid dienone is 1. The van der Waals surface area contributed by atoms with Crippen LogP contribution in [-0.4, -0.2) is 20.6 Å². The summed E-state index contributed by atoms with van der Waals surface area (Å²) in [7, 11) is 0. The quantitative estimate of drug-likeness (QED) is 0.242. The van der Waals surface area contributed by atoms with Crippen LogP contribution in [0.5, 0.6) is 0 Å². The number of nitrogen functional groups attached to an aromatic ring is 1. The van der Waals surface area contributed by atoms with Crippen molar-refractivity contribution in [1.29, 1.82) is 0 Å². The van der Waals surface area contributed by atoms with E-state index in [-0.39, 0.29) is 0 Å². The summed E-state index contributed by atoms with van der Waals surface area (Å²) in [6.45, 7) is 1.90. The molecule has 3 N–H and O–H groups in total. The SMILES string of the molecule is CC(/C=C/c1ccccc1)=N\Nc1nnc(SCc2cccc(Br)c2)n1N. The monoisotopic (exact) mass is 442 g/mol. The predicted molar refractivity (Wildman–Crippen MR) is 116 cm³/mol. The molecule has 0 radical (unpaired) electrons. The summed E-state index contributed by atoms with van der Waals surface area (Å²) in [6, 6.07) is 18.2. The fourth-order valence-electron chi connectivity index (χ4n) is 2.18. The molecule has 0 fully saturated rings. The third-order valence-corrected chi connectivity index (χ3v) is 5.08. The van der Waals surface area contributed by atoms with Crippen molar-refractivity contribution in [3.05, 3.63) is 76.3 Å². The molecule has 0 saturated heterocycles. The highest BCUT2D eigenvalue weighted by Crippen LogP contribution is 2.23. The zero-order chi connectivity index (χ0) is 19.1. The molecule has 138 valence electrons. The van der Waals surface area contributed by atoms with Gasteiger partial charge in [0.1, 0.15) is 0 Å². The van der Waals surface area contributed by atoms with Crippen LogP contribution in [0.4, 0.5) is 5.95 Å². The van der Waals surface area contributed by atoms with E-state index in [0.29, 0.717) is 11.1 Å². The molecule has 8 heteroatoms. The summed E-state index contributed by atoms with van der Waals surface area (Å²) in [4.78, 5) is 0. The molecular weight excluding hydrogens is 424 g/mol. The Kier molecular flexibility index (Phi) is 6.67. The van der Waals surface area contributed by atoms with Gasteiger partial charge in [-0.25, -0.2) is 10.1 Å². The summed E-state index contributed by atoms with van der Waals surface area (Å²) in [5.41, 5.74) is 5.94.